The van der Waals surface area contributed by atoms with Crippen LogP contribution >= 0.6 is 22.6 Å². The van der Waals surface area contributed by atoms with Gasteiger partial charge in [-0.15, -0.1) is 0 Å². The minimum Gasteiger partial charge on any atom is -0.375 e. The Morgan fingerprint density at radius 2 is 2.21 bits per heavy atom. The second-order valence-corrected chi connectivity index (χ2v) is 5.48. The molecular formula is C11H19IO2. The summed E-state index contributed by atoms with van der Waals surface area (Å²) in [4.78, 5) is 0. The first-order valence-corrected chi connectivity index (χ1v) is 7.12. The second-order valence-electron chi connectivity index (χ2n) is 4.60. The molecule has 0 radical (unpaired) electrons. The van der Waals surface area contributed by atoms with Gasteiger partial charge in [0.05, 0.1) is 17.8 Å². The van der Waals surface area contributed by atoms with Crippen molar-refractivity contribution < 1.29 is 9.47 Å². The van der Waals surface area contributed by atoms with Gasteiger partial charge in [-0.3, -0.25) is 0 Å². The van der Waals surface area contributed by atoms with Crippen molar-refractivity contribution in [2.75, 3.05) is 11.0 Å². The first kappa shape index (κ1) is 11.1. The SMILES string of the molecule is CC1(C2CCCO2)CCCC(CI)O1. The van der Waals surface area contributed by atoms with Crippen molar-refractivity contribution in [2.24, 2.45) is 0 Å². The van der Waals surface area contributed by atoms with Crippen LogP contribution in [0.3, 0.4) is 0 Å². The number of hydrogen-bond acceptors (Lipinski definition) is 2. The van der Waals surface area contributed by atoms with E-state index in [1.54, 1.807) is 0 Å². The lowest BCUT2D eigenvalue weighted by Crippen LogP contribution is -2.47. The van der Waals surface area contributed by atoms with Crippen LogP contribution in [-0.4, -0.2) is 28.8 Å². The summed E-state index contributed by atoms with van der Waals surface area (Å²) in [6.07, 6.45) is 6.90. The molecule has 0 saturated carbocycles. The third-order valence-electron chi connectivity index (χ3n) is 3.42. The summed E-state index contributed by atoms with van der Waals surface area (Å²) in [6.45, 7) is 3.17. The molecule has 2 aliphatic heterocycles. The molecule has 2 nitrogen and oxygen atoms in total. The Bertz CT molecular complexity index is 192. The average molecular weight is 310 g/mol. The highest BCUT2D eigenvalue weighted by Crippen LogP contribution is 2.37. The zero-order chi connectivity index (χ0) is 10.0. The summed E-state index contributed by atoms with van der Waals surface area (Å²) in [5.41, 5.74) is 0.00455. The summed E-state index contributed by atoms with van der Waals surface area (Å²) < 4.78 is 13.0. The largest absolute Gasteiger partial charge is 0.375 e. The van der Waals surface area contributed by atoms with E-state index in [2.05, 4.69) is 29.5 Å². The summed E-state index contributed by atoms with van der Waals surface area (Å²) in [7, 11) is 0. The van der Waals surface area contributed by atoms with E-state index in [9.17, 15) is 0 Å². The van der Waals surface area contributed by atoms with E-state index in [0.29, 0.717) is 12.2 Å². The molecule has 14 heavy (non-hydrogen) atoms. The normalized spacial score (nSPS) is 44.1. The topological polar surface area (TPSA) is 18.5 Å². The van der Waals surface area contributed by atoms with Gasteiger partial charge in [0.2, 0.25) is 0 Å². The molecule has 0 bridgehead atoms. The third-order valence-corrected chi connectivity index (χ3v) is 4.40. The van der Waals surface area contributed by atoms with Crippen LogP contribution in [0.5, 0.6) is 0 Å². The van der Waals surface area contributed by atoms with Gasteiger partial charge in [-0.2, -0.15) is 0 Å². The summed E-state index contributed by atoms with van der Waals surface area (Å²) >= 11 is 2.42. The fraction of sp³-hybridized carbons (Fsp3) is 1.00. The number of alkyl halides is 1. The molecule has 2 rings (SSSR count). The van der Waals surface area contributed by atoms with E-state index in [0.717, 1.165) is 11.0 Å². The van der Waals surface area contributed by atoms with Crippen molar-refractivity contribution in [1.82, 2.24) is 0 Å². The Balaban J connectivity index is 1.98. The molecule has 0 amide bonds. The molecule has 82 valence electrons. The number of rotatable bonds is 2. The van der Waals surface area contributed by atoms with Crippen molar-refractivity contribution in [3.63, 3.8) is 0 Å². The molecular weight excluding hydrogens is 291 g/mol. The van der Waals surface area contributed by atoms with Gasteiger partial charge in [0.25, 0.3) is 0 Å². The van der Waals surface area contributed by atoms with Crippen molar-refractivity contribution in [3.05, 3.63) is 0 Å². The van der Waals surface area contributed by atoms with Crippen LogP contribution in [0, 0.1) is 0 Å². The lowest BCUT2D eigenvalue weighted by Gasteiger charge is -2.41. The second kappa shape index (κ2) is 4.66. The molecule has 3 atom stereocenters. The van der Waals surface area contributed by atoms with Gasteiger partial charge in [-0.1, -0.05) is 22.6 Å². The van der Waals surface area contributed by atoms with Crippen molar-refractivity contribution in [3.8, 4) is 0 Å². The molecule has 0 aromatic heterocycles. The zero-order valence-electron chi connectivity index (χ0n) is 8.80. The van der Waals surface area contributed by atoms with Gasteiger partial charge in [0.1, 0.15) is 0 Å². The standard InChI is InChI=1S/C11H19IO2/c1-11(10-5-3-7-13-10)6-2-4-9(8-12)14-11/h9-10H,2-8H2,1H3. The molecule has 3 unspecified atom stereocenters. The highest BCUT2D eigenvalue weighted by atomic mass is 127. The molecule has 2 fully saturated rings. The van der Waals surface area contributed by atoms with Crippen LogP contribution in [-0.2, 0) is 9.47 Å². The van der Waals surface area contributed by atoms with Gasteiger partial charge in [-0.25, -0.2) is 0 Å². The van der Waals surface area contributed by atoms with Crippen LogP contribution in [0.1, 0.15) is 39.0 Å². The summed E-state index contributed by atoms with van der Waals surface area (Å²) in [6, 6.07) is 0. The first-order valence-electron chi connectivity index (χ1n) is 5.60. The van der Waals surface area contributed by atoms with E-state index in [-0.39, 0.29) is 5.60 Å². The van der Waals surface area contributed by atoms with E-state index in [4.69, 9.17) is 9.47 Å². The Labute approximate surface area is 99.9 Å². The predicted octanol–water partition coefficient (Wildman–Crippen LogP) is 2.93. The quantitative estimate of drug-likeness (QED) is 0.577. The Morgan fingerprint density at radius 3 is 2.86 bits per heavy atom. The average Bonchev–Trinajstić information content (AvgIpc) is 2.71. The maximum absolute atomic E-state index is 6.17. The molecule has 0 spiro atoms. The van der Waals surface area contributed by atoms with Crippen LogP contribution < -0.4 is 0 Å². The van der Waals surface area contributed by atoms with Gasteiger partial charge >= 0.3 is 0 Å². The van der Waals surface area contributed by atoms with Crippen LogP contribution in [0.15, 0.2) is 0 Å². The molecule has 0 aromatic rings. The molecule has 2 saturated heterocycles. The minimum absolute atomic E-state index is 0.00455. The summed E-state index contributed by atoms with van der Waals surface area (Å²) in [5.74, 6) is 0. The zero-order valence-corrected chi connectivity index (χ0v) is 11.0. The van der Waals surface area contributed by atoms with E-state index < -0.39 is 0 Å². The van der Waals surface area contributed by atoms with E-state index >= 15 is 0 Å². The maximum atomic E-state index is 6.17. The Kier molecular flexibility index (Phi) is 3.71. The van der Waals surface area contributed by atoms with Gasteiger partial charge in [0.15, 0.2) is 0 Å². The highest BCUT2D eigenvalue weighted by molar-refractivity contribution is 14.1. The van der Waals surface area contributed by atoms with Crippen LogP contribution in [0.25, 0.3) is 0 Å². The fourth-order valence-corrected chi connectivity index (χ4v) is 3.20. The fourth-order valence-electron chi connectivity index (χ4n) is 2.58. The van der Waals surface area contributed by atoms with E-state index in [1.807, 2.05) is 0 Å². The van der Waals surface area contributed by atoms with Gasteiger partial charge in [-0.05, 0) is 39.0 Å². The van der Waals surface area contributed by atoms with Gasteiger partial charge in [0, 0.05) is 11.0 Å². The Morgan fingerprint density at radius 1 is 1.36 bits per heavy atom. The summed E-state index contributed by atoms with van der Waals surface area (Å²) in [5, 5.41) is 0. The number of ether oxygens (including phenoxy) is 2. The monoisotopic (exact) mass is 310 g/mol. The number of halogens is 1. The van der Waals surface area contributed by atoms with Crippen LogP contribution in [0.4, 0.5) is 0 Å². The molecule has 0 aromatic carbocycles. The molecule has 3 heteroatoms. The van der Waals surface area contributed by atoms with Crippen molar-refractivity contribution in [1.29, 1.82) is 0 Å². The lowest BCUT2D eigenvalue weighted by molar-refractivity contribution is -0.168. The lowest BCUT2D eigenvalue weighted by atomic mass is 9.87. The number of hydrogen-bond donors (Lipinski definition) is 0. The minimum atomic E-state index is 0.00455. The van der Waals surface area contributed by atoms with Crippen molar-refractivity contribution in [2.45, 2.75) is 56.8 Å². The smallest absolute Gasteiger partial charge is 0.0919 e. The maximum Gasteiger partial charge on any atom is 0.0919 e. The van der Waals surface area contributed by atoms with Crippen molar-refractivity contribution >= 4 is 22.6 Å². The Hall–Kier alpha value is 0.650. The van der Waals surface area contributed by atoms with Crippen LogP contribution in [0.2, 0.25) is 0 Å². The third kappa shape index (κ3) is 2.25. The van der Waals surface area contributed by atoms with Gasteiger partial charge < -0.3 is 9.47 Å². The first-order chi connectivity index (χ1) is 6.74. The molecule has 0 aliphatic carbocycles. The molecule has 2 aliphatic rings. The highest BCUT2D eigenvalue weighted by Gasteiger charge is 2.41. The predicted molar refractivity (Wildman–Crippen MR) is 65.0 cm³/mol. The van der Waals surface area contributed by atoms with E-state index in [1.165, 1.54) is 32.1 Å². The molecule has 2 heterocycles. The molecule has 0 N–H and O–H groups in total.